The molecule has 0 saturated carbocycles. The van der Waals surface area contributed by atoms with Crippen LogP contribution in [-0.2, 0) is 0 Å². The fraction of sp³-hybridized carbons (Fsp3) is 0.409. The Morgan fingerprint density at radius 2 is 1.38 bits per heavy atom. The van der Waals surface area contributed by atoms with Gasteiger partial charge in [0.15, 0.2) is 6.04 Å². The third-order valence-corrected chi connectivity index (χ3v) is 4.93. The van der Waals surface area contributed by atoms with Crippen LogP contribution in [0.1, 0.15) is 46.2 Å². The van der Waals surface area contributed by atoms with E-state index in [2.05, 4.69) is 105 Å². The molecule has 0 bridgehead atoms. The van der Waals surface area contributed by atoms with E-state index in [9.17, 15) is 0 Å². The van der Waals surface area contributed by atoms with E-state index < -0.39 is 0 Å². The second kappa shape index (κ2) is 6.80. The lowest BCUT2D eigenvalue weighted by Crippen LogP contribution is -2.36. The van der Waals surface area contributed by atoms with Gasteiger partial charge in [-0.3, -0.25) is 4.58 Å². The summed E-state index contributed by atoms with van der Waals surface area (Å²) in [5.41, 5.74) is 2.67. The first-order valence-corrected chi connectivity index (χ1v) is 9.06. The van der Waals surface area contributed by atoms with Gasteiger partial charge in [-0.1, -0.05) is 62.4 Å². The van der Waals surface area contributed by atoms with E-state index in [-0.39, 0.29) is 0 Å². The third-order valence-electron chi connectivity index (χ3n) is 4.93. The largest absolute Gasteiger partial charge is 0.256 e. The Hall–Kier alpha value is -2.09. The van der Waals surface area contributed by atoms with Crippen LogP contribution in [0.5, 0.6) is 0 Å². The van der Waals surface area contributed by atoms with Crippen LogP contribution in [0.3, 0.4) is 0 Å². The van der Waals surface area contributed by atoms with Crippen LogP contribution in [0, 0.1) is 5.92 Å². The molecule has 0 unspecified atom stereocenters. The topological polar surface area (TPSA) is 6.25 Å². The molecule has 3 rings (SSSR count). The van der Waals surface area contributed by atoms with E-state index in [1.165, 1.54) is 17.1 Å². The number of hydrogen-bond donors (Lipinski definition) is 0. The molecule has 0 aliphatic carbocycles. The zero-order valence-corrected chi connectivity index (χ0v) is 15.5. The summed E-state index contributed by atoms with van der Waals surface area (Å²) in [6.45, 7) is 11.6. The first-order valence-electron chi connectivity index (χ1n) is 9.06. The highest BCUT2D eigenvalue weighted by Gasteiger charge is 2.48. The van der Waals surface area contributed by atoms with Crippen molar-refractivity contribution in [2.24, 2.45) is 5.92 Å². The highest BCUT2D eigenvalue weighted by Crippen LogP contribution is 2.38. The van der Waals surface area contributed by atoms with E-state index in [0.717, 1.165) is 0 Å². The number of para-hydroxylation sites is 1. The highest BCUT2D eigenvalue weighted by molar-refractivity contribution is 5.97. The van der Waals surface area contributed by atoms with Crippen molar-refractivity contribution in [1.82, 2.24) is 0 Å². The molecule has 1 aliphatic rings. The monoisotopic (exact) mass is 321 g/mol. The predicted octanol–water partition coefficient (Wildman–Crippen LogP) is 5.11. The van der Waals surface area contributed by atoms with Gasteiger partial charge in [0.2, 0.25) is 0 Å². The summed E-state index contributed by atoms with van der Waals surface area (Å²) < 4.78 is 2.61. The van der Waals surface area contributed by atoms with Crippen LogP contribution < -0.4 is 4.90 Å². The van der Waals surface area contributed by atoms with Gasteiger partial charge in [0.25, 0.3) is 5.84 Å². The Labute approximate surface area is 146 Å². The summed E-state index contributed by atoms with van der Waals surface area (Å²) in [6.07, 6.45) is 0. The van der Waals surface area contributed by atoms with Crippen molar-refractivity contribution in [2.75, 3.05) is 4.90 Å². The van der Waals surface area contributed by atoms with E-state index in [1.54, 1.807) is 0 Å². The van der Waals surface area contributed by atoms with Crippen molar-refractivity contribution in [3.05, 3.63) is 66.2 Å². The van der Waals surface area contributed by atoms with Crippen LogP contribution >= 0.6 is 0 Å². The number of hydrogen-bond acceptors (Lipinski definition) is 1. The maximum absolute atomic E-state index is 2.61. The lowest BCUT2D eigenvalue weighted by Gasteiger charge is -2.24. The lowest BCUT2D eigenvalue weighted by molar-refractivity contribution is -0.587. The molecular formula is C22H29N2+. The van der Waals surface area contributed by atoms with Crippen LogP contribution in [0.2, 0.25) is 0 Å². The average molecular weight is 321 g/mol. The fourth-order valence-corrected chi connectivity index (χ4v) is 4.11. The molecule has 0 amide bonds. The standard InChI is InChI=1S/C22H29N2/c1-16(2)22-23(17(3)4)18(5)21(19-12-8-6-9-13-19)24(22)20-14-10-7-11-15-20/h6-18,21H,1-5H3/q+1/t18-,21-/m1/s1. The zero-order valence-electron chi connectivity index (χ0n) is 15.5. The molecule has 1 heterocycles. The fourth-order valence-electron chi connectivity index (χ4n) is 4.11. The summed E-state index contributed by atoms with van der Waals surface area (Å²) in [5, 5.41) is 0. The second-order valence-electron chi connectivity index (χ2n) is 7.32. The molecule has 2 aromatic rings. The molecule has 0 radical (unpaired) electrons. The van der Waals surface area contributed by atoms with Gasteiger partial charge in [-0.25, -0.2) is 4.90 Å². The number of nitrogens with zero attached hydrogens (tertiary/aromatic N) is 2. The van der Waals surface area contributed by atoms with Crippen LogP contribution in [0.25, 0.3) is 0 Å². The van der Waals surface area contributed by atoms with Crippen LogP contribution in [0.4, 0.5) is 5.69 Å². The molecule has 0 N–H and O–H groups in total. The molecule has 2 aromatic carbocycles. The van der Waals surface area contributed by atoms with E-state index >= 15 is 0 Å². The molecule has 0 aromatic heterocycles. The van der Waals surface area contributed by atoms with Crippen molar-refractivity contribution >= 4 is 11.5 Å². The minimum atomic E-state index is 0.341. The lowest BCUT2D eigenvalue weighted by atomic mass is 9.98. The minimum Gasteiger partial charge on any atom is -0.256 e. The average Bonchev–Trinajstić information content (AvgIpc) is 2.90. The van der Waals surface area contributed by atoms with Crippen LogP contribution in [0.15, 0.2) is 60.7 Å². The summed E-state index contributed by atoms with van der Waals surface area (Å²) in [5.74, 6) is 1.90. The van der Waals surface area contributed by atoms with Gasteiger partial charge < -0.3 is 0 Å². The molecule has 126 valence electrons. The van der Waals surface area contributed by atoms with Crippen LogP contribution in [-0.4, -0.2) is 22.5 Å². The number of anilines is 1. The zero-order chi connectivity index (χ0) is 17.3. The normalized spacial score (nSPS) is 21.2. The smallest absolute Gasteiger partial charge is 0.255 e. The van der Waals surface area contributed by atoms with Gasteiger partial charge in [0.05, 0.1) is 12.0 Å². The van der Waals surface area contributed by atoms with Crippen molar-refractivity contribution in [2.45, 2.75) is 52.7 Å². The van der Waals surface area contributed by atoms with Crippen molar-refractivity contribution < 1.29 is 4.58 Å². The Bertz CT molecular complexity index is 701. The van der Waals surface area contributed by atoms with E-state index in [4.69, 9.17) is 0 Å². The second-order valence-corrected chi connectivity index (χ2v) is 7.32. The maximum atomic E-state index is 2.61. The van der Waals surface area contributed by atoms with Crippen molar-refractivity contribution in [3.63, 3.8) is 0 Å². The number of amidine groups is 1. The molecular weight excluding hydrogens is 292 g/mol. The Balaban J connectivity index is 2.19. The van der Waals surface area contributed by atoms with E-state index in [1.807, 2.05) is 0 Å². The van der Waals surface area contributed by atoms with Gasteiger partial charge in [-0.2, -0.15) is 0 Å². The molecule has 24 heavy (non-hydrogen) atoms. The maximum Gasteiger partial charge on any atom is 0.255 e. The Morgan fingerprint density at radius 1 is 0.833 bits per heavy atom. The van der Waals surface area contributed by atoms with Gasteiger partial charge in [0.1, 0.15) is 11.7 Å². The minimum absolute atomic E-state index is 0.341. The quantitative estimate of drug-likeness (QED) is 0.709. The first kappa shape index (κ1) is 16.8. The van der Waals surface area contributed by atoms with E-state index in [0.29, 0.717) is 24.0 Å². The Kier molecular flexibility index (Phi) is 4.75. The molecule has 0 fully saturated rings. The van der Waals surface area contributed by atoms with Gasteiger partial charge in [-0.15, -0.1) is 0 Å². The van der Waals surface area contributed by atoms with Crippen molar-refractivity contribution in [1.29, 1.82) is 0 Å². The van der Waals surface area contributed by atoms with Crippen molar-refractivity contribution in [3.8, 4) is 0 Å². The molecule has 0 spiro atoms. The molecule has 2 nitrogen and oxygen atoms in total. The molecule has 2 heteroatoms. The van der Waals surface area contributed by atoms with Gasteiger partial charge in [-0.05, 0) is 32.9 Å². The Morgan fingerprint density at radius 3 is 1.88 bits per heavy atom. The number of benzene rings is 2. The highest BCUT2D eigenvalue weighted by atomic mass is 15.4. The predicted molar refractivity (Wildman–Crippen MR) is 103 cm³/mol. The summed E-state index contributed by atoms with van der Waals surface area (Å²) >= 11 is 0. The van der Waals surface area contributed by atoms with Gasteiger partial charge >= 0.3 is 0 Å². The first-order chi connectivity index (χ1) is 11.5. The summed E-state index contributed by atoms with van der Waals surface area (Å²) in [6, 6.07) is 23.0. The summed E-state index contributed by atoms with van der Waals surface area (Å²) in [7, 11) is 0. The molecule has 1 aliphatic heterocycles. The molecule has 0 saturated heterocycles. The number of rotatable bonds is 4. The molecule has 2 atom stereocenters. The third kappa shape index (κ3) is 2.86. The summed E-state index contributed by atoms with van der Waals surface area (Å²) in [4.78, 5) is 2.56. The SMILES string of the molecule is CC(C)C1=[N+](C(C)C)[C@H](C)[C@H](c2ccccc2)N1c1ccccc1. The van der Waals surface area contributed by atoms with Gasteiger partial charge in [0, 0.05) is 5.56 Å².